The minimum absolute atomic E-state index is 0.348. The minimum atomic E-state index is -3.41. The van der Waals surface area contributed by atoms with E-state index in [-0.39, 0.29) is 0 Å². The number of piperazine rings is 1. The molecule has 0 radical (unpaired) electrons. The smallest absolute Gasteiger partial charge is 0.243 e. The fraction of sp³-hybridized carbons (Fsp3) is 0.333. The number of hydrogen-bond acceptors (Lipinski definition) is 4. The number of halogens is 2. The van der Waals surface area contributed by atoms with Crippen LogP contribution in [0, 0.1) is 0 Å². The van der Waals surface area contributed by atoms with E-state index in [1.807, 2.05) is 12.1 Å². The molecule has 3 rings (SSSR count). The molecule has 0 aliphatic carbocycles. The molecule has 2 aromatic rings. The van der Waals surface area contributed by atoms with Gasteiger partial charge in [0.1, 0.15) is 0 Å². The first kappa shape index (κ1) is 17.6. The van der Waals surface area contributed by atoms with E-state index in [4.69, 9.17) is 0 Å². The molecule has 1 saturated heterocycles. The van der Waals surface area contributed by atoms with E-state index in [9.17, 15) is 8.42 Å². The van der Waals surface area contributed by atoms with E-state index in [0.717, 1.165) is 28.6 Å². The standard InChI is InChI=1S/C15H16Br2N2O2S2/c16-12-2-1-3-13(10-12)23(20,21)19-7-5-18(6-8-19)11-15-14(17)4-9-22-15/h1-4,9-10H,5-8,11H2. The summed E-state index contributed by atoms with van der Waals surface area (Å²) >= 11 is 8.60. The van der Waals surface area contributed by atoms with Crippen LogP contribution in [0.5, 0.6) is 0 Å². The van der Waals surface area contributed by atoms with Crippen molar-refractivity contribution in [1.82, 2.24) is 9.21 Å². The Kier molecular flexibility index (Phi) is 5.60. The van der Waals surface area contributed by atoms with Crippen molar-refractivity contribution in [3.8, 4) is 0 Å². The topological polar surface area (TPSA) is 40.6 Å². The Morgan fingerprint density at radius 2 is 1.83 bits per heavy atom. The lowest BCUT2D eigenvalue weighted by Gasteiger charge is -2.33. The van der Waals surface area contributed by atoms with Crippen LogP contribution in [0.15, 0.2) is 49.6 Å². The van der Waals surface area contributed by atoms with Crippen LogP contribution in [0.2, 0.25) is 0 Å². The summed E-state index contributed by atoms with van der Waals surface area (Å²) < 4.78 is 28.9. The number of thiophene rings is 1. The summed E-state index contributed by atoms with van der Waals surface area (Å²) in [5.74, 6) is 0. The molecule has 0 N–H and O–H groups in total. The number of nitrogens with zero attached hydrogens (tertiary/aromatic N) is 2. The Morgan fingerprint density at radius 1 is 1.09 bits per heavy atom. The first-order valence-electron chi connectivity index (χ1n) is 7.17. The molecule has 1 aliphatic rings. The third-order valence-electron chi connectivity index (χ3n) is 3.82. The Hall–Kier alpha value is -0.250. The van der Waals surface area contributed by atoms with Gasteiger partial charge in [-0.3, -0.25) is 4.90 Å². The Morgan fingerprint density at radius 3 is 2.43 bits per heavy atom. The molecular weight excluding hydrogens is 464 g/mol. The summed E-state index contributed by atoms with van der Waals surface area (Å²) in [4.78, 5) is 3.93. The van der Waals surface area contributed by atoms with Gasteiger partial charge in [0.2, 0.25) is 10.0 Å². The maximum atomic E-state index is 12.7. The van der Waals surface area contributed by atoms with Crippen LogP contribution in [-0.2, 0) is 16.6 Å². The summed E-state index contributed by atoms with van der Waals surface area (Å²) in [6.45, 7) is 3.41. The van der Waals surface area contributed by atoms with Gasteiger partial charge < -0.3 is 0 Å². The summed E-state index contributed by atoms with van der Waals surface area (Å²) in [7, 11) is -3.41. The molecule has 0 spiro atoms. The van der Waals surface area contributed by atoms with Crippen molar-refractivity contribution >= 4 is 53.2 Å². The molecule has 0 unspecified atom stereocenters. The second-order valence-corrected chi connectivity index (χ2v) is 10.0. The van der Waals surface area contributed by atoms with Crippen molar-refractivity contribution in [2.24, 2.45) is 0 Å². The van der Waals surface area contributed by atoms with Gasteiger partial charge in [-0.15, -0.1) is 11.3 Å². The van der Waals surface area contributed by atoms with E-state index in [1.54, 1.807) is 33.8 Å². The molecule has 2 heterocycles. The van der Waals surface area contributed by atoms with Crippen LogP contribution in [0.4, 0.5) is 0 Å². The van der Waals surface area contributed by atoms with Crippen molar-refractivity contribution in [2.75, 3.05) is 26.2 Å². The zero-order chi connectivity index (χ0) is 16.4. The van der Waals surface area contributed by atoms with Gasteiger partial charge in [0.15, 0.2) is 0 Å². The third-order valence-corrected chi connectivity index (χ3v) is 8.12. The second-order valence-electron chi connectivity index (χ2n) is 5.33. The van der Waals surface area contributed by atoms with Gasteiger partial charge in [-0.25, -0.2) is 8.42 Å². The average molecular weight is 480 g/mol. The van der Waals surface area contributed by atoms with Crippen molar-refractivity contribution in [3.05, 3.63) is 49.5 Å². The second kappa shape index (κ2) is 7.33. The highest BCUT2D eigenvalue weighted by atomic mass is 79.9. The van der Waals surface area contributed by atoms with Crippen molar-refractivity contribution < 1.29 is 8.42 Å². The SMILES string of the molecule is O=S(=O)(c1cccc(Br)c1)N1CCN(Cc2sccc2Br)CC1. The first-order chi connectivity index (χ1) is 11.0. The van der Waals surface area contributed by atoms with E-state index in [1.165, 1.54) is 4.88 Å². The van der Waals surface area contributed by atoms with Crippen LogP contribution in [0.25, 0.3) is 0 Å². The van der Waals surface area contributed by atoms with Crippen molar-refractivity contribution in [2.45, 2.75) is 11.4 Å². The molecular formula is C15H16Br2N2O2S2. The van der Waals surface area contributed by atoms with Crippen LogP contribution < -0.4 is 0 Å². The predicted molar refractivity (Wildman–Crippen MR) is 100 cm³/mol. The monoisotopic (exact) mass is 478 g/mol. The van der Waals surface area contributed by atoms with Crippen LogP contribution in [0.3, 0.4) is 0 Å². The molecule has 1 aromatic heterocycles. The molecule has 1 fully saturated rings. The molecule has 124 valence electrons. The third kappa shape index (κ3) is 4.05. The van der Waals surface area contributed by atoms with Gasteiger partial charge in [0.25, 0.3) is 0 Å². The van der Waals surface area contributed by atoms with E-state index >= 15 is 0 Å². The van der Waals surface area contributed by atoms with Crippen molar-refractivity contribution in [3.63, 3.8) is 0 Å². The van der Waals surface area contributed by atoms with E-state index < -0.39 is 10.0 Å². The zero-order valence-corrected chi connectivity index (χ0v) is 17.1. The maximum absolute atomic E-state index is 12.7. The molecule has 1 aromatic carbocycles. The summed E-state index contributed by atoms with van der Waals surface area (Å²) in [5, 5.41) is 2.06. The molecule has 4 nitrogen and oxygen atoms in total. The van der Waals surface area contributed by atoms with E-state index in [0.29, 0.717) is 18.0 Å². The Labute approximate surface area is 157 Å². The summed E-state index contributed by atoms with van der Waals surface area (Å²) in [6.07, 6.45) is 0. The Bertz CT molecular complexity index is 784. The average Bonchev–Trinajstić information content (AvgIpc) is 2.93. The van der Waals surface area contributed by atoms with Gasteiger partial charge in [0.05, 0.1) is 4.90 Å². The molecule has 23 heavy (non-hydrogen) atoms. The summed E-state index contributed by atoms with van der Waals surface area (Å²) in [5.41, 5.74) is 0. The summed E-state index contributed by atoms with van der Waals surface area (Å²) in [6, 6.07) is 8.94. The lowest BCUT2D eigenvalue weighted by molar-refractivity contribution is 0.182. The largest absolute Gasteiger partial charge is 0.296 e. The van der Waals surface area contributed by atoms with Crippen LogP contribution in [0.1, 0.15) is 4.88 Å². The fourth-order valence-electron chi connectivity index (χ4n) is 2.55. The first-order valence-corrected chi connectivity index (χ1v) is 11.1. The highest BCUT2D eigenvalue weighted by molar-refractivity contribution is 9.10. The van der Waals surface area contributed by atoms with Gasteiger partial charge in [-0.05, 0) is 45.6 Å². The molecule has 0 saturated carbocycles. The zero-order valence-electron chi connectivity index (χ0n) is 12.3. The number of rotatable bonds is 4. The number of sulfonamides is 1. The molecule has 1 aliphatic heterocycles. The highest BCUT2D eigenvalue weighted by Gasteiger charge is 2.28. The molecule has 0 atom stereocenters. The molecule has 0 bridgehead atoms. The number of hydrogen-bond donors (Lipinski definition) is 0. The predicted octanol–water partition coefficient (Wildman–Crippen LogP) is 3.78. The molecule has 8 heteroatoms. The Balaban J connectivity index is 1.65. The van der Waals surface area contributed by atoms with Crippen LogP contribution >= 0.6 is 43.2 Å². The van der Waals surface area contributed by atoms with Gasteiger partial charge in [-0.2, -0.15) is 4.31 Å². The minimum Gasteiger partial charge on any atom is -0.296 e. The fourth-order valence-corrected chi connectivity index (χ4v) is 6.08. The van der Waals surface area contributed by atoms with Gasteiger partial charge in [0, 0.05) is 46.5 Å². The highest BCUT2D eigenvalue weighted by Crippen LogP contribution is 2.26. The van der Waals surface area contributed by atoms with Crippen LogP contribution in [-0.4, -0.2) is 43.8 Å². The number of benzene rings is 1. The normalized spacial score (nSPS) is 17.5. The molecule has 0 amide bonds. The maximum Gasteiger partial charge on any atom is 0.243 e. The van der Waals surface area contributed by atoms with E-state index in [2.05, 4.69) is 42.1 Å². The quantitative estimate of drug-likeness (QED) is 0.669. The lowest BCUT2D eigenvalue weighted by Crippen LogP contribution is -2.48. The van der Waals surface area contributed by atoms with Gasteiger partial charge >= 0.3 is 0 Å². The van der Waals surface area contributed by atoms with Gasteiger partial charge in [-0.1, -0.05) is 22.0 Å². The van der Waals surface area contributed by atoms with Crippen molar-refractivity contribution in [1.29, 1.82) is 0 Å². The lowest BCUT2D eigenvalue weighted by atomic mass is 10.3.